The van der Waals surface area contributed by atoms with Crippen molar-refractivity contribution in [3.8, 4) is 5.75 Å². The summed E-state index contributed by atoms with van der Waals surface area (Å²) in [6.07, 6.45) is 4.92. The second-order valence-electron chi connectivity index (χ2n) is 4.94. The Morgan fingerprint density at radius 3 is 3.06 bits per heavy atom. The van der Waals surface area contributed by atoms with Gasteiger partial charge >= 0.3 is 0 Å². The number of unbranched alkanes of at least 4 members (excludes halogenated alkanes) is 1. The fraction of sp³-hybridized carbons (Fsp3) is 0.600. The summed E-state index contributed by atoms with van der Waals surface area (Å²) in [6.45, 7) is 5.36. The molecule has 1 aliphatic rings. The first-order valence-electron chi connectivity index (χ1n) is 6.79. The molecule has 1 heterocycles. The van der Waals surface area contributed by atoms with Gasteiger partial charge in [0.15, 0.2) is 0 Å². The van der Waals surface area contributed by atoms with Gasteiger partial charge in [-0.2, -0.15) is 0 Å². The number of hydrogen-bond acceptors (Lipinski definition) is 2. The summed E-state index contributed by atoms with van der Waals surface area (Å²) < 4.78 is 5.68. The fourth-order valence-corrected chi connectivity index (χ4v) is 2.45. The summed E-state index contributed by atoms with van der Waals surface area (Å²) >= 11 is 0. The van der Waals surface area contributed by atoms with Gasteiger partial charge in [-0.05, 0) is 19.4 Å². The average Bonchev–Trinajstić information content (AvgIpc) is 2.37. The van der Waals surface area contributed by atoms with E-state index >= 15 is 0 Å². The lowest BCUT2D eigenvalue weighted by Gasteiger charge is -2.29. The number of rotatable bonds is 5. The lowest BCUT2D eigenvalue weighted by atomic mass is 9.99. The number of para-hydroxylation sites is 1. The van der Waals surface area contributed by atoms with Gasteiger partial charge in [0.2, 0.25) is 0 Å². The Balaban J connectivity index is 1.98. The van der Waals surface area contributed by atoms with E-state index in [9.17, 15) is 0 Å². The summed E-state index contributed by atoms with van der Waals surface area (Å²) in [7, 11) is 0. The van der Waals surface area contributed by atoms with Gasteiger partial charge in [0.25, 0.3) is 0 Å². The highest BCUT2D eigenvalue weighted by Crippen LogP contribution is 2.31. The van der Waals surface area contributed by atoms with E-state index in [2.05, 4.69) is 37.4 Å². The molecular formula is C15H23NO. The normalized spacial score (nSPS) is 20.5. The Morgan fingerprint density at radius 2 is 2.24 bits per heavy atom. The van der Waals surface area contributed by atoms with Crippen molar-refractivity contribution >= 4 is 0 Å². The van der Waals surface area contributed by atoms with Crippen LogP contribution in [-0.4, -0.2) is 12.6 Å². The van der Waals surface area contributed by atoms with Crippen LogP contribution in [0.5, 0.6) is 5.75 Å². The minimum absolute atomic E-state index is 0.465. The molecule has 2 atom stereocenters. The third-order valence-corrected chi connectivity index (χ3v) is 3.43. The van der Waals surface area contributed by atoms with Crippen molar-refractivity contribution in [2.45, 2.75) is 51.6 Å². The van der Waals surface area contributed by atoms with Crippen molar-refractivity contribution in [3.05, 3.63) is 29.8 Å². The van der Waals surface area contributed by atoms with E-state index in [1.54, 1.807) is 0 Å². The van der Waals surface area contributed by atoms with Crippen LogP contribution in [0.25, 0.3) is 0 Å². The molecule has 2 unspecified atom stereocenters. The first-order chi connectivity index (χ1) is 8.31. The number of hydrogen-bond donors (Lipinski definition) is 1. The van der Waals surface area contributed by atoms with E-state index in [1.807, 2.05) is 6.07 Å². The number of fused-ring (bicyclic) bond motifs is 1. The van der Waals surface area contributed by atoms with Crippen LogP contribution >= 0.6 is 0 Å². The van der Waals surface area contributed by atoms with E-state index in [-0.39, 0.29) is 0 Å². The van der Waals surface area contributed by atoms with Gasteiger partial charge in [-0.25, -0.2) is 0 Å². The third-order valence-electron chi connectivity index (χ3n) is 3.43. The third kappa shape index (κ3) is 3.22. The summed E-state index contributed by atoms with van der Waals surface area (Å²) in [4.78, 5) is 0. The molecule has 0 bridgehead atoms. The molecule has 17 heavy (non-hydrogen) atoms. The van der Waals surface area contributed by atoms with Crippen LogP contribution in [0.1, 0.15) is 51.1 Å². The van der Waals surface area contributed by atoms with E-state index < -0.39 is 0 Å². The van der Waals surface area contributed by atoms with Crippen molar-refractivity contribution < 1.29 is 4.74 Å². The Bertz CT molecular complexity index is 351. The topological polar surface area (TPSA) is 21.3 Å². The minimum atomic E-state index is 0.465. The predicted molar refractivity (Wildman–Crippen MR) is 71.4 cm³/mol. The molecule has 1 aliphatic heterocycles. The second kappa shape index (κ2) is 6.06. The van der Waals surface area contributed by atoms with Crippen molar-refractivity contribution in [2.24, 2.45) is 0 Å². The van der Waals surface area contributed by atoms with E-state index in [0.717, 1.165) is 18.8 Å². The largest absolute Gasteiger partial charge is 0.493 e. The monoisotopic (exact) mass is 233 g/mol. The van der Waals surface area contributed by atoms with Crippen LogP contribution in [0.2, 0.25) is 0 Å². The lowest BCUT2D eigenvalue weighted by molar-refractivity contribution is 0.243. The average molecular weight is 233 g/mol. The molecule has 0 saturated carbocycles. The number of benzene rings is 1. The van der Waals surface area contributed by atoms with Crippen LogP contribution < -0.4 is 10.1 Å². The first-order valence-corrected chi connectivity index (χ1v) is 6.79. The highest BCUT2D eigenvalue weighted by Gasteiger charge is 2.21. The maximum absolute atomic E-state index is 5.68. The highest BCUT2D eigenvalue weighted by atomic mass is 16.5. The SMILES string of the molecule is CCCCC(C)NC1CCOc2ccccc21. The summed E-state index contributed by atoms with van der Waals surface area (Å²) in [5, 5.41) is 3.73. The Hall–Kier alpha value is -1.02. The smallest absolute Gasteiger partial charge is 0.124 e. The summed E-state index contributed by atoms with van der Waals surface area (Å²) in [5.74, 6) is 1.05. The van der Waals surface area contributed by atoms with Crippen LogP contribution in [0.4, 0.5) is 0 Å². The highest BCUT2D eigenvalue weighted by molar-refractivity contribution is 5.37. The molecule has 0 aromatic heterocycles. The van der Waals surface area contributed by atoms with Crippen LogP contribution in [0, 0.1) is 0 Å². The molecule has 0 spiro atoms. The summed E-state index contributed by atoms with van der Waals surface area (Å²) in [6, 6.07) is 9.44. The second-order valence-corrected chi connectivity index (χ2v) is 4.94. The lowest BCUT2D eigenvalue weighted by Crippen LogP contribution is -2.33. The molecule has 1 aromatic carbocycles. The van der Waals surface area contributed by atoms with Crippen molar-refractivity contribution in [1.29, 1.82) is 0 Å². The molecule has 0 fully saturated rings. The molecule has 2 nitrogen and oxygen atoms in total. The molecule has 94 valence electrons. The molecule has 2 rings (SSSR count). The Kier molecular flexibility index (Phi) is 4.43. The molecule has 0 aliphatic carbocycles. The zero-order valence-corrected chi connectivity index (χ0v) is 10.9. The first kappa shape index (κ1) is 12.4. The van der Waals surface area contributed by atoms with E-state index in [4.69, 9.17) is 4.74 Å². The molecule has 2 heteroatoms. The van der Waals surface area contributed by atoms with Gasteiger partial charge in [0.1, 0.15) is 5.75 Å². The van der Waals surface area contributed by atoms with Crippen LogP contribution in [0.15, 0.2) is 24.3 Å². The predicted octanol–water partition coefficient (Wildman–Crippen LogP) is 3.68. The molecular weight excluding hydrogens is 210 g/mol. The van der Waals surface area contributed by atoms with Gasteiger partial charge in [-0.15, -0.1) is 0 Å². The number of ether oxygens (including phenoxy) is 1. The van der Waals surface area contributed by atoms with Crippen molar-refractivity contribution in [2.75, 3.05) is 6.61 Å². The van der Waals surface area contributed by atoms with Gasteiger partial charge < -0.3 is 10.1 Å². The molecule has 0 radical (unpaired) electrons. The maximum Gasteiger partial charge on any atom is 0.124 e. The van der Waals surface area contributed by atoms with Crippen LogP contribution in [0.3, 0.4) is 0 Å². The zero-order valence-electron chi connectivity index (χ0n) is 10.9. The molecule has 1 aromatic rings. The fourth-order valence-electron chi connectivity index (χ4n) is 2.45. The minimum Gasteiger partial charge on any atom is -0.493 e. The van der Waals surface area contributed by atoms with Crippen LogP contribution in [-0.2, 0) is 0 Å². The standard InChI is InChI=1S/C15H23NO/c1-3-4-7-12(2)16-14-10-11-17-15-9-6-5-8-13(14)15/h5-6,8-9,12,14,16H,3-4,7,10-11H2,1-2H3. The molecule has 0 amide bonds. The van der Waals surface area contributed by atoms with Gasteiger partial charge in [-0.3, -0.25) is 0 Å². The quantitative estimate of drug-likeness (QED) is 0.837. The van der Waals surface area contributed by atoms with E-state index in [0.29, 0.717) is 12.1 Å². The Morgan fingerprint density at radius 1 is 1.41 bits per heavy atom. The zero-order chi connectivity index (χ0) is 12.1. The molecule has 1 N–H and O–H groups in total. The van der Waals surface area contributed by atoms with Gasteiger partial charge in [0, 0.05) is 24.1 Å². The number of nitrogens with one attached hydrogen (secondary N) is 1. The van der Waals surface area contributed by atoms with Crippen molar-refractivity contribution in [1.82, 2.24) is 5.32 Å². The van der Waals surface area contributed by atoms with Crippen molar-refractivity contribution in [3.63, 3.8) is 0 Å². The maximum atomic E-state index is 5.68. The molecule has 0 saturated heterocycles. The van der Waals surface area contributed by atoms with E-state index in [1.165, 1.54) is 24.8 Å². The Labute approximate surface area is 104 Å². The summed E-state index contributed by atoms with van der Waals surface area (Å²) in [5.41, 5.74) is 1.32. The van der Waals surface area contributed by atoms with Gasteiger partial charge in [-0.1, -0.05) is 38.0 Å². The van der Waals surface area contributed by atoms with Gasteiger partial charge in [0.05, 0.1) is 6.61 Å².